The highest BCUT2D eigenvalue weighted by molar-refractivity contribution is 7.13. The molecule has 2 aromatic rings. The lowest BCUT2D eigenvalue weighted by molar-refractivity contribution is -0.140. The molecule has 0 bridgehead atoms. The summed E-state index contributed by atoms with van der Waals surface area (Å²) in [4.78, 5) is 9.46. The van der Waals surface area contributed by atoms with Gasteiger partial charge in [0.1, 0.15) is 0 Å². The van der Waals surface area contributed by atoms with Gasteiger partial charge in [0.15, 0.2) is 10.8 Å². The summed E-state index contributed by atoms with van der Waals surface area (Å²) in [6, 6.07) is 5.59. The first kappa shape index (κ1) is 13.8. The van der Waals surface area contributed by atoms with E-state index in [2.05, 4.69) is 9.97 Å². The molecule has 2 aromatic heterocycles. The number of anilines is 1. The Balaban J connectivity index is 1.97. The number of nitrogens with zero attached hydrogens (tertiary/aromatic N) is 3. The molecule has 0 amide bonds. The molecule has 0 aliphatic rings. The number of hydrogen-bond donors (Lipinski definition) is 0. The minimum atomic E-state index is -4.38. The molecular formula is C12H12F3N3S. The Morgan fingerprint density at radius 2 is 2.11 bits per heavy atom. The van der Waals surface area contributed by atoms with Crippen LogP contribution >= 0.6 is 11.3 Å². The molecule has 0 radical (unpaired) electrons. The fourth-order valence-electron chi connectivity index (χ4n) is 1.49. The first-order valence-corrected chi connectivity index (χ1v) is 6.48. The summed E-state index contributed by atoms with van der Waals surface area (Å²) in [7, 11) is 1.72. The number of pyridine rings is 1. The van der Waals surface area contributed by atoms with E-state index in [4.69, 9.17) is 0 Å². The van der Waals surface area contributed by atoms with Crippen LogP contribution in [0, 0.1) is 0 Å². The molecule has 0 N–H and O–H groups in total. The van der Waals surface area contributed by atoms with Crippen molar-refractivity contribution in [2.75, 3.05) is 18.5 Å². The number of aromatic nitrogens is 2. The third-order valence-corrected chi connectivity index (χ3v) is 3.49. The molecule has 0 spiro atoms. The van der Waals surface area contributed by atoms with Crippen molar-refractivity contribution in [1.82, 2.24) is 9.97 Å². The number of halogens is 3. The summed E-state index contributed by atoms with van der Waals surface area (Å²) < 4.78 is 37.3. The van der Waals surface area contributed by atoms with E-state index < -0.39 is 11.9 Å². The van der Waals surface area contributed by atoms with Crippen LogP contribution in [0.25, 0.3) is 0 Å². The Bertz CT molecular complexity index is 525. The molecule has 0 saturated heterocycles. The van der Waals surface area contributed by atoms with Gasteiger partial charge in [-0.3, -0.25) is 4.98 Å². The van der Waals surface area contributed by atoms with Crippen LogP contribution in [0.1, 0.15) is 11.4 Å². The molecule has 0 unspecified atom stereocenters. The number of thiazole rings is 1. The first-order valence-electron chi connectivity index (χ1n) is 5.60. The van der Waals surface area contributed by atoms with Crippen LogP contribution in [0.3, 0.4) is 0 Å². The summed E-state index contributed by atoms with van der Waals surface area (Å²) >= 11 is 0.994. The maximum Gasteiger partial charge on any atom is 0.434 e. The second kappa shape index (κ2) is 5.56. The molecule has 0 aliphatic heterocycles. The predicted octanol–water partition coefficient (Wildman–Crippen LogP) is 3.24. The Kier molecular flexibility index (Phi) is 4.04. The highest BCUT2D eigenvalue weighted by atomic mass is 32.1. The number of likely N-dealkylation sites (N-methyl/N-ethyl adjacent to an activating group) is 1. The van der Waals surface area contributed by atoms with Crippen molar-refractivity contribution >= 4 is 16.5 Å². The molecule has 7 heteroatoms. The minimum absolute atomic E-state index is 0.364. The van der Waals surface area contributed by atoms with Gasteiger partial charge in [0.2, 0.25) is 0 Å². The fourth-order valence-corrected chi connectivity index (χ4v) is 2.32. The van der Waals surface area contributed by atoms with E-state index in [0.29, 0.717) is 18.1 Å². The molecule has 0 fully saturated rings. The molecule has 19 heavy (non-hydrogen) atoms. The average Bonchev–Trinajstić information content (AvgIpc) is 2.87. The maximum absolute atomic E-state index is 12.4. The molecule has 2 rings (SSSR count). The molecule has 2 heterocycles. The first-order chi connectivity index (χ1) is 8.97. The Morgan fingerprint density at radius 1 is 1.32 bits per heavy atom. The molecule has 3 nitrogen and oxygen atoms in total. The zero-order valence-electron chi connectivity index (χ0n) is 10.2. The summed E-state index contributed by atoms with van der Waals surface area (Å²) in [5, 5.41) is 1.40. The summed E-state index contributed by atoms with van der Waals surface area (Å²) in [5.41, 5.74) is 0.0686. The van der Waals surface area contributed by atoms with Crippen molar-refractivity contribution in [1.29, 1.82) is 0 Å². The topological polar surface area (TPSA) is 29.0 Å². The largest absolute Gasteiger partial charge is 0.434 e. The molecule has 0 aliphatic carbocycles. The van der Waals surface area contributed by atoms with Gasteiger partial charge in [-0.1, -0.05) is 6.07 Å². The van der Waals surface area contributed by atoms with Crippen LogP contribution in [0.4, 0.5) is 18.3 Å². The van der Waals surface area contributed by atoms with Gasteiger partial charge in [0.25, 0.3) is 0 Å². The number of hydrogen-bond acceptors (Lipinski definition) is 4. The number of rotatable bonds is 4. The van der Waals surface area contributed by atoms with Crippen LogP contribution < -0.4 is 4.90 Å². The van der Waals surface area contributed by atoms with E-state index >= 15 is 0 Å². The van der Waals surface area contributed by atoms with Crippen LogP contribution in [0.15, 0.2) is 29.8 Å². The normalized spacial score (nSPS) is 11.6. The monoisotopic (exact) mass is 287 g/mol. The minimum Gasteiger partial charge on any atom is -0.351 e. The van der Waals surface area contributed by atoms with Gasteiger partial charge in [-0.15, -0.1) is 11.3 Å². The van der Waals surface area contributed by atoms with Gasteiger partial charge in [-0.05, 0) is 12.1 Å². The van der Waals surface area contributed by atoms with E-state index in [1.54, 1.807) is 18.1 Å². The molecule has 0 saturated carbocycles. The van der Waals surface area contributed by atoms with Crippen molar-refractivity contribution in [3.05, 3.63) is 41.2 Å². The number of alkyl halides is 3. The van der Waals surface area contributed by atoms with Crippen molar-refractivity contribution in [3.8, 4) is 0 Å². The van der Waals surface area contributed by atoms with E-state index in [1.807, 2.05) is 18.2 Å². The molecule has 0 aromatic carbocycles. The third kappa shape index (κ3) is 3.66. The van der Waals surface area contributed by atoms with Gasteiger partial charge in [0.05, 0.1) is 0 Å². The van der Waals surface area contributed by atoms with Gasteiger partial charge in [-0.25, -0.2) is 4.98 Å². The molecular weight excluding hydrogens is 275 g/mol. The highest BCUT2D eigenvalue weighted by Crippen LogP contribution is 2.32. The lowest BCUT2D eigenvalue weighted by atomic mass is 10.2. The standard InChI is InChI=1S/C12H12F3N3S/c1-18(7-5-9-4-2-3-6-16-9)11-17-10(8-19-11)12(13,14)15/h2-4,6,8H,5,7H2,1H3. The summed E-state index contributed by atoms with van der Waals surface area (Å²) in [5.74, 6) is 0. The van der Waals surface area contributed by atoms with Gasteiger partial charge in [0, 0.05) is 37.3 Å². The fraction of sp³-hybridized carbons (Fsp3) is 0.333. The second-order valence-corrected chi connectivity index (χ2v) is 4.84. The van der Waals surface area contributed by atoms with E-state index in [1.165, 1.54) is 0 Å². The van der Waals surface area contributed by atoms with Crippen LogP contribution in [-0.2, 0) is 12.6 Å². The molecule has 102 valence electrons. The van der Waals surface area contributed by atoms with Crippen molar-refractivity contribution in [2.24, 2.45) is 0 Å². The van der Waals surface area contributed by atoms with Gasteiger partial charge >= 0.3 is 6.18 Å². The molecule has 0 atom stereocenters. The zero-order chi connectivity index (χ0) is 13.9. The summed E-state index contributed by atoms with van der Waals surface area (Å²) in [6.07, 6.45) is -2.02. The van der Waals surface area contributed by atoms with Gasteiger partial charge in [-0.2, -0.15) is 13.2 Å². The van der Waals surface area contributed by atoms with Crippen molar-refractivity contribution in [3.63, 3.8) is 0 Å². The van der Waals surface area contributed by atoms with Crippen molar-refractivity contribution in [2.45, 2.75) is 12.6 Å². The van der Waals surface area contributed by atoms with Crippen molar-refractivity contribution < 1.29 is 13.2 Å². The Hall–Kier alpha value is -1.63. The van der Waals surface area contributed by atoms with Crippen LogP contribution in [-0.4, -0.2) is 23.6 Å². The Morgan fingerprint density at radius 3 is 2.68 bits per heavy atom. The summed E-state index contributed by atoms with van der Waals surface area (Å²) in [6.45, 7) is 0.571. The Labute approximate surface area is 112 Å². The maximum atomic E-state index is 12.4. The van der Waals surface area contributed by atoms with Crippen LogP contribution in [0.5, 0.6) is 0 Å². The third-order valence-electron chi connectivity index (χ3n) is 2.54. The van der Waals surface area contributed by atoms with Gasteiger partial charge < -0.3 is 4.90 Å². The highest BCUT2D eigenvalue weighted by Gasteiger charge is 2.34. The SMILES string of the molecule is CN(CCc1ccccn1)c1nc(C(F)(F)F)cs1. The van der Waals surface area contributed by atoms with Crippen LogP contribution in [0.2, 0.25) is 0 Å². The smallest absolute Gasteiger partial charge is 0.351 e. The lowest BCUT2D eigenvalue weighted by Gasteiger charge is -2.15. The van der Waals surface area contributed by atoms with E-state index in [0.717, 1.165) is 22.4 Å². The van der Waals surface area contributed by atoms with E-state index in [9.17, 15) is 13.2 Å². The zero-order valence-corrected chi connectivity index (χ0v) is 11.0. The second-order valence-electron chi connectivity index (χ2n) is 4.01. The quantitative estimate of drug-likeness (QED) is 0.864. The predicted molar refractivity (Wildman–Crippen MR) is 68.3 cm³/mol. The van der Waals surface area contributed by atoms with E-state index in [-0.39, 0.29) is 0 Å². The average molecular weight is 287 g/mol. The lowest BCUT2D eigenvalue weighted by Crippen LogP contribution is -2.20.